The van der Waals surface area contributed by atoms with E-state index in [2.05, 4.69) is 4.72 Å². The number of aryl methyl sites for hydroxylation is 1. The Morgan fingerprint density at radius 1 is 0.903 bits per heavy atom. The summed E-state index contributed by atoms with van der Waals surface area (Å²) in [4.78, 5) is 12.4. The molecule has 0 saturated heterocycles. The monoisotopic (exact) mass is 452 g/mol. The summed E-state index contributed by atoms with van der Waals surface area (Å²) in [7, 11) is -3.84. The Morgan fingerprint density at radius 2 is 1.55 bits per heavy atom. The first kappa shape index (κ1) is 21.5. The van der Waals surface area contributed by atoms with Crippen LogP contribution < -0.4 is 9.60 Å². The number of benzene rings is 3. The standard InChI is InChI=1S/C24H24N2O3S2/c1-16(2)26-21-14-13-20(15-22(21)30-24(26)27)31(28,29)25-23(18-7-5-4-6-8-18)19-11-9-17(3)10-12-19/h4-16,23,25H,1-3H3/t23-/m0/s1. The van der Waals surface area contributed by atoms with Crippen molar-refractivity contribution in [2.45, 2.75) is 37.8 Å². The number of sulfonamides is 1. The molecule has 4 aromatic rings. The molecular formula is C24H24N2O3S2. The van der Waals surface area contributed by atoms with Gasteiger partial charge in [-0.3, -0.25) is 9.36 Å². The molecule has 1 atom stereocenters. The van der Waals surface area contributed by atoms with Gasteiger partial charge in [0.2, 0.25) is 10.0 Å². The fraction of sp³-hybridized carbons (Fsp3) is 0.208. The van der Waals surface area contributed by atoms with E-state index in [9.17, 15) is 13.2 Å². The molecule has 0 unspecified atom stereocenters. The largest absolute Gasteiger partial charge is 0.308 e. The highest BCUT2D eigenvalue weighted by Gasteiger charge is 2.24. The van der Waals surface area contributed by atoms with Crippen molar-refractivity contribution in [3.8, 4) is 0 Å². The molecule has 0 spiro atoms. The Bertz CT molecular complexity index is 1370. The second kappa shape index (κ2) is 8.42. The molecule has 0 amide bonds. The highest BCUT2D eigenvalue weighted by Crippen LogP contribution is 2.28. The van der Waals surface area contributed by atoms with Crippen molar-refractivity contribution in [1.82, 2.24) is 9.29 Å². The average Bonchev–Trinajstić information content (AvgIpc) is 3.08. The van der Waals surface area contributed by atoms with Crippen molar-refractivity contribution >= 4 is 31.6 Å². The van der Waals surface area contributed by atoms with Crippen LogP contribution in [0.2, 0.25) is 0 Å². The van der Waals surface area contributed by atoms with Gasteiger partial charge in [-0.05, 0) is 50.1 Å². The first-order valence-corrected chi connectivity index (χ1v) is 12.3. The molecule has 7 heteroatoms. The van der Waals surface area contributed by atoms with Gasteiger partial charge in [0, 0.05) is 6.04 Å². The number of nitrogens with zero attached hydrogens (tertiary/aromatic N) is 1. The number of nitrogens with one attached hydrogen (secondary N) is 1. The van der Waals surface area contributed by atoms with Crippen LogP contribution >= 0.6 is 11.3 Å². The van der Waals surface area contributed by atoms with Crippen molar-refractivity contribution in [3.05, 3.63) is 99.2 Å². The zero-order chi connectivity index (χ0) is 22.2. The van der Waals surface area contributed by atoms with Crippen LogP contribution in [0.3, 0.4) is 0 Å². The third kappa shape index (κ3) is 4.35. The minimum atomic E-state index is -3.84. The number of aromatic nitrogens is 1. The van der Waals surface area contributed by atoms with E-state index >= 15 is 0 Å². The second-order valence-electron chi connectivity index (χ2n) is 7.84. The van der Waals surface area contributed by atoms with E-state index in [4.69, 9.17) is 0 Å². The Morgan fingerprint density at radius 3 is 2.19 bits per heavy atom. The lowest BCUT2D eigenvalue weighted by atomic mass is 9.99. The quantitative estimate of drug-likeness (QED) is 0.447. The molecule has 5 nitrogen and oxygen atoms in total. The van der Waals surface area contributed by atoms with Crippen LogP contribution in [0.5, 0.6) is 0 Å². The summed E-state index contributed by atoms with van der Waals surface area (Å²) in [5, 5.41) is 0. The van der Waals surface area contributed by atoms with Crippen LogP contribution in [0, 0.1) is 6.92 Å². The topological polar surface area (TPSA) is 68.2 Å². The Balaban J connectivity index is 1.76. The molecule has 0 fully saturated rings. The predicted octanol–water partition coefficient (Wildman–Crippen LogP) is 5.02. The van der Waals surface area contributed by atoms with Gasteiger partial charge in [-0.2, -0.15) is 4.72 Å². The van der Waals surface area contributed by atoms with E-state index in [0.29, 0.717) is 4.70 Å². The molecular weight excluding hydrogens is 428 g/mol. The van der Waals surface area contributed by atoms with Crippen LogP contribution in [0.25, 0.3) is 10.2 Å². The normalized spacial score (nSPS) is 13.0. The van der Waals surface area contributed by atoms with E-state index in [1.54, 1.807) is 22.8 Å². The van der Waals surface area contributed by atoms with Gasteiger partial charge in [0.1, 0.15) is 0 Å². The molecule has 0 aliphatic carbocycles. The molecule has 31 heavy (non-hydrogen) atoms. The van der Waals surface area contributed by atoms with E-state index in [1.807, 2.05) is 75.4 Å². The highest BCUT2D eigenvalue weighted by atomic mass is 32.2. The minimum absolute atomic E-state index is 0.00540. The maximum atomic E-state index is 13.3. The molecule has 0 radical (unpaired) electrons. The summed E-state index contributed by atoms with van der Waals surface area (Å²) >= 11 is 1.07. The SMILES string of the molecule is Cc1ccc([C@@H](NS(=O)(=O)c2ccc3c(c2)sc(=O)n3C(C)C)c2ccccc2)cc1. The van der Waals surface area contributed by atoms with Crippen LogP contribution in [0.15, 0.2) is 82.5 Å². The average molecular weight is 453 g/mol. The lowest BCUT2D eigenvalue weighted by molar-refractivity contribution is 0.572. The molecule has 3 aromatic carbocycles. The van der Waals surface area contributed by atoms with E-state index in [-0.39, 0.29) is 15.8 Å². The third-order valence-electron chi connectivity index (χ3n) is 5.23. The number of fused-ring (bicyclic) bond motifs is 1. The smallest absolute Gasteiger partial charge is 0.296 e. The van der Waals surface area contributed by atoms with Gasteiger partial charge in [-0.1, -0.05) is 71.5 Å². The lowest BCUT2D eigenvalue weighted by Crippen LogP contribution is -2.29. The fourth-order valence-corrected chi connectivity index (χ4v) is 5.99. The van der Waals surface area contributed by atoms with Gasteiger partial charge in [0.05, 0.1) is 21.2 Å². The summed E-state index contributed by atoms with van der Waals surface area (Å²) in [5.74, 6) is 0. The lowest BCUT2D eigenvalue weighted by Gasteiger charge is -2.20. The number of rotatable bonds is 6. The van der Waals surface area contributed by atoms with Crippen molar-refractivity contribution in [2.75, 3.05) is 0 Å². The summed E-state index contributed by atoms with van der Waals surface area (Å²) < 4.78 is 31.9. The maximum Gasteiger partial charge on any atom is 0.308 e. The number of hydrogen-bond acceptors (Lipinski definition) is 4. The van der Waals surface area contributed by atoms with Gasteiger partial charge in [0.15, 0.2) is 0 Å². The molecule has 4 rings (SSSR count). The summed E-state index contributed by atoms with van der Waals surface area (Å²) in [5.41, 5.74) is 3.57. The Kier molecular flexibility index (Phi) is 5.83. The van der Waals surface area contributed by atoms with E-state index in [0.717, 1.165) is 33.5 Å². The highest BCUT2D eigenvalue weighted by molar-refractivity contribution is 7.89. The summed E-state index contributed by atoms with van der Waals surface area (Å²) in [6, 6.07) is 21.7. The zero-order valence-electron chi connectivity index (χ0n) is 17.6. The number of thiazole rings is 1. The van der Waals surface area contributed by atoms with E-state index in [1.165, 1.54) is 0 Å². The number of hydrogen-bond donors (Lipinski definition) is 1. The molecule has 160 valence electrons. The first-order chi connectivity index (χ1) is 14.8. The zero-order valence-corrected chi connectivity index (χ0v) is 19.2. The molecule has 1 N–H and O–H groups in total. The third-order valence-corrected chi connectivity index (χ3v) is 7.57. The second-order valence-corrected chi connectivity index (χ2v) is 10.5. The Labute approximate surface area is 186 Å². The molecule has 0 bridgehead atoms. The van der Waals surface area contributed by atoms with Crippen molar-refractivity contribution < 1.29 is 8.42 Å². The van der Waals surface area contributed by atoms with Gasteiger partial charge in [0.25, 0.3) is 0 Å². The maximum absolute atomic E-state index is 13.3. The predicted molar refractivity (Wildman–Crippen MR) is 126 cm³/mol. The first-order valence-electron chi connectivity index (χ1n) is 10.1. The fourth-order valence-electron chi connectivity index (χ4n) is 3.63. The van der Waals surface area contributed by atoms with Crippen molar-refractivity contribution in [3.63, 3.8) is 0 Å². The van der Waals surface area contributed by atoms with Crippen LogP contribution in [-0.2, 0) is 10.0 Å². The van der Waals surface area contributed by atoms with Gasteiger partial charge >= 0.3 is 4.87 Å². The summed E-state index contributed by atoms with van der Waals surface area (Å²) in [6.07, 6.45) is 0. The van der Waals surface area contributed by atoms with Crippen molar-refractivity contribution in [2.24, 2.45) is 0 Å². The van der Waals surface area contributed by atoms with Gasteiger partial charge in [-0.25, -0.2) is 8.42 Å². The Hall–Kier alpha value is -2.74. The molecule has 1 aromatic heterocycles. The minimum Gasteiger partial charge on any atom is -0.296 e. The molecule has 0 saturated carbocycles. The van der Waals surface area contributed by atoms with Crippen LogP contribution in [-0.4, -0.2) is 13.0 Å². The van der Waals surface area contributed by atoms with E-state index < -0.39 is 16.1 Å². The molecule has 0 aliphatic heterocycles. The van der Waals surface area contributed by atoms with Crippen LogP contribution in [0.1, 0.15) is 42.6 Å². The van der Waals surface area contributed by atoms with Crippen molar-refractivity contribution in [1.29, 1.82) is 0 Å². The summed E-state index contributed by atoms with van der Waals surface area (Å²) in [6.45, 7) is 5.87. The molecule has 1 heterocycles. The molecule has 0 aliphatic rings. The van der Waals surface area contributed by atoms with Gasteiger partial charge in [-0.15, -0.1) is 0 Å². The van der Waals surface area contributed by atoms with Gasteiger partial charge < -0.3 is 0 Å². The van der Waals surface area contributed by atoms with Crippen LogP contribution in [0.4, 0.5) is 0 Å².